The summed E-state index contributed by atoms with van der Waals surface area (Å²) in [4.78, 5) is 22.2. The van der Waals surface area contributed by atoms with Gasteiger partial charge in [0.25, 0.3) is 0 Å². The molecule has 86 valence electrons. The fourth-order valence-corrected chi connectivity index (χ4v) is 3.76. The number of hydrogen-bond acceptors (Lipinski definition) is 2. The van der Waals surface area contributed by atoms with Crippen LogP contribution in [-0.2, 0) is 0 Å². The van der Waals surface area contributed by atoms with E-state index in [1.807, 2.05) is 45.2 Å². The van der Waals surface area contributed by atoms with E-state index >= 15 is 0 Å². The summed E-state index contributed by atoms with van der Waals surface area (Å²) in [6, 6.07) is 0. The fraction of sp³-hybridized carbons (Fsp3) is 0.200. The van der Waals surface area contributed by atoms with E-state index in [2.05, 4.69) is 0 Å². The predicted molar refractivity (Wildman–Crippen MR) is 75.3 cm³/mol. The first-order valence-corrected chi connectivity index (χ1v) is 6.39. The lowest BCUT2D eigenvalue weighted by molar-refractivity contribution is 0.0694. The number of benzene rings is 1. The molecule has 0 bridgehead atoms. The van der Waals surface area contributed by atoms with Crippen molar-refractivity contribution in [3.05, 3.63) is 29.4 Å². The molecule has 0 heterocycles. The van der Waals surface area contributed by atoms with E-state index in [1.54, 1.807) is 6.92 Å². The quantitative estimate of drug-likeness (QED) is 0.686. The Kier molecular flexibility index (Phi) is 4.16. The molecule has 0 fully saturated rings. The summed E-state index contributed by atoms with van der Waals surface area (Å²) in [5.41, 5.74) is 1.16. The smallest absolute Gasteiger partial charge is 0.337 e. The number of aromatic carboxylic acids is 2. The molecule has 4 nitrogen and oxygen atoms in total. The van der Waals surface area contributed by atoms with Gasteiger partial charge >= 0.3 is 11.9 Å². The fourth-order valence-electron chi connectivity index (χ4n) is 1.43. The SMILES string of the molecule is Cc1c(I)c(C(=O)O)c(C)c(C(=O)O)c1I. The summed E-state index contributed by atoms with van der Waals surface area (Å²) in [7, 11) is 0. The topological polar surface area (TPSA) is 74.6 Å². The summed E-state index contributed by atoms with van der Waals surface area (Å²) >= 11 is 3.87. The Hall–Kier alpha value is -0.380. The highest BCUT2D eigenvalue weighted by Gasteiger charge is 2.24. The zero-order valence-electron chi connectivity index (χ0n) is 8.47. The lowest BCUT2D eigenvalue weighted by Crippen LogP contribution is -2.13. The normalized spacial score (nSPS) is 10.2. The Balaban J connectivity index is 3.80. The first kappa shape index (κ1) is 13.7. The third-order valence-corrected chi connectivity index (χ3v) is 4.97. The second-order valence-corrected chi connectivity index (χ2v) is 5.40. The first-order valence-electron chi connectivity index (χ1n) is 4.23. The average Bonchev–Trinajstić information content (AvgIpc) is 2.13. The largest absolute Gasteiger partial charge is 0.478 e. The lowest BCUT2D eigenvalue weighted by Gasteiger charge is -2.13. The van der Waals surface area contributed by atoms with Crippen LogP contribution in [0.15, 0.2) is 0 Å². The summed E-state index contributed by atoms with van der Waals surface area (Å²) in [6.45, 7) is 3.25. The van der Waals surface area contributed by atoms with E-state index < -0.39 is 11.9 Å². The van der Waals surface area contributed by atoms with Gasteiger partial charge in [0, 0.05) is 7.14 Å². The minimum atomic E-state index is -1.09. The second-order valence-electron chi connectivity index (χ2n) is 3.24. The summed E-state index contributed by atoms with van der Waals surface area (Å²) in [5, 5.41) is 18.1. The van der Waals surface area contributed by atoms with Crippen LogP contribution in [0.25, 0.3) is 0 Å². The van der Waals surface area contributed by atoms with Crippen molar-refractivity contribution < 1.29 is 19.8 Å². The molecule has 0 saturated heterocycles. The van der Waals surface area contributed by atoms with Crippen molar-refractivity contribution in [2.24, 2.45) is 0 Å². The maximum Gasteiger partial charge on any atom is 0.337 e. The Bertz CT molecular complexity index is 453. The highest BCUT2D eigenvalue weighted by atomic mass is 127. The van der Waals surface area contributed by atoms with Crippen molar-refractivity contribution in [1.82, 2.24) is 0 Å². The van der Waals surface area contributed by atoms with E-state index in [4.69, 9.17) is 10.2 Å². The molecule has 0 atom stereocenters. The molecule has 0 amide bonds. The van der Waals surface area contributed by atoms with E-state index in [0.29, 0.717) is 18.3 Å². The van der Waals surface area contributed by atoms with E-state index in [0.717, 1.165) is 0 Å². The first-order chi connectivity index (χ1) is 7.29. The van der Waals surface area contributed by atoms with Gasteiger partial charge in [-0.15, -0.1) is 0 Å². The predicted octanol–water partition coefficient (Wildman–Crippen LogP) is 2.91. The number of carboxylic acids is 2. The monoisotopic (exact) mass is 446 g/mol. The zero-order chi connectivity index (χ0) is 12.6. The Labute approximate surface area is 119 Å². The van der Waals surface area contributed by atoms with E-state index in [9.17, 15) is 9.59 Å². The van der Waals surface area contributed by atoms with Crippen molar-refractivity contribution in [2.75, 3.05) is 0 Å². The van der Waals surface area contributed by atoms with Gasteiger partial charge < -0.3 is 10.2 Å². The number of carboxylic acid groups (broad SMARTS) is 2. The van der Waals surface area contributed by atoms with Crippen LogP contribution in [0, 0.1) is 21.0 Å². The van der Waals surface area contributed by atoms with Crippen LogP contribution in [0.3, 0.4) is 0 Å². The Morgan fingerprint density at radius 3 is 1.44 bits per heavy atom. The van der Waals surface area contributed by atoms with Gasteiger partial charge in [-0.25, -0.2) is 9.59 Å². The van der Waals surface area contributed by atoms with Crippen LogP contribution >= 0.6 is 45.2 Å². The van der Waals surface area contributed by atoms with Crippen molar-refractivity contribution >= 4 is 57.1 Å². The van der Waals surface area contributed by atoms with Crippen LogP contribution in [-0.4, -0.2) is 22.2 Å². The van der Waals surface area contributed by atoms with Gasteiger partial charge in [0.05, 0.1) is 11.1 Å². The molecule has 0 aromatic heterocycles. The number of carbonyl (C=O) groups is 2. The lowest BCUT2D eigenvalue weighted by atomic mass is 9.99. The highest BCUT2D eigenvalue weighted by molar-refractivity contribution is 14.1. The number of halogens is 2. The molecule has 0 spiro atoms. The van der Waals surface area contributed by atoms with E-state index in [1.165, 1.54) is 6.92 Å². The Morgan fingerprint density at radius 2 is 1.19 bits per heavy atom. The van der Waals surface area contributed by atoms with Gasteiger partial charge in [-0.05, 0) is 70.2 Å². The molecule has 2 N–H and O–H groups in total. The van der Waals surface area contributed by atoms with Crippen molar-refractivity contribution in [2.45, 2.75) is 13.8 Å². The van der Waals surface area contributed by atoms with Gasteiger partial charge in [-0.2, -0.15) is 0 Å². The molecular formula is C10H8I2O4. The molecule has 1 aromatic carbocycles. The van der Waals surface area contributed by atoms with Gasteiger partial charge in [0.2, 0.25) is 0 Å². The zero-order valence-corrected chi connectivity index (χ0v) is 12.8. The second kappa shape index (κ2) is 4.86. The molecule has 0 radical (unpaired) electrons. The van der Waals surface area contributed by atoms with E-state index in [-0.39, 0.29) is 11.1 Å². The molecule has 1 rings (SSSR count). The third-order valence-electron chi connectivity index (χ3n) is 2.28. The summed E-state index contributed by atoms with van der Waals surface area (Å²) < 4.78 is 1.19. The summed E-state index contributed by atoms with van der Waals surface area (Å²) in [6.07, 6.45) is 0. The van der Waals surface area contributed by atoms with Crippen LogP contribution in [0.1, 0.15) is 31.8 Å². The molecule has 1 aromatic rings. The standard InChI is InChI=1S/C10H8I2O4/c1-3-5(9(13)14)7(11)4(2)8(12)6(3)10(15)16/h1-2H3,(H,13,14)(H,15,16). The van der Waals surface area contributed by atoms with Crippen LogP contribution in [0.4, 0.5) is 0 Å². The maximum absolute atomic E-state index is 11.1. The van der Waals surface area contributed by atoms with Gasteiger partial charge in [-0.1, -0.05) is 0 Å². The molecule has 0 unspecified atom stereocenters. The number of hydrogen-bond donors (Lipinski definition) is 2. The molecular weight excluding hydrogens is 438 g/mol. The minimum Gasteiger partial charge on any atom is -0.478 e. The van der Waals surface area contributed by atoms with Crippen LogP contribution in [0.2, 0.25) is 0 Å². The van der Waals surface area contributed by atoms with Crippen molar-refractivity contribution in [1.29, 1.82) is 0 Å². The molecule has 6 heteroatoms. The van der Waals surface area contributed by atoms with Gasteiger partial charge in [-0.3, -0.25) is 0 Å². The highest BCUT2D eigenvalue weighted by Crippen LogP contribution is 2.29. The minimum absolute atomic E-state index is 0.0796. The van der Waals surface area contributed by atoms with Crippen molar-refractivity contribution in [3.8, 4) is 0 Å². The average molecular weight is 446 g/mol. The Morgan fingerprint density at radius 1 is 0.875 bits per heavy atom. The van der Waals surface area contributed by atoms with Gasteiger partial charge in [0.1, 0.15) is 0 Å². The summed E-state index contributed by atoms with van der Waals surface area (Å²) in [5.74, 6) is -2.19. The van der Waals surface area contributed by atoms with Crippen LogP contribution < -0.4 is 0 Å². The maximum atomic E-state index is 11.1. The van der Waals surface area contributed by atoms with Crippen LogP contribution in [0.5, 0.6) is 0 Å². The number of rotatable bonds is 2. The third kappa shape index (κ3) is 2.17. The van der Waals surface area contributed by atoms with Crippen molar-refractivity contribution in [3.63, 3.8) is 0 Å². The molecule has 0 aliphatic rings. The molecule has 0 aliphatic heterocycles. The molecule has 16 heavy (non-hydrogen) atoms. The van der Waals surface area contributed by atoms with Gasteiger partial charge in [0.15, 0.2) is 0 Å². The molecule has 0 saturated carbocycles. The molecule has 0 aliphatic carbocycles.